The molecule has 1 fully saturated rings. The zero-order valence-electron chi connectivity index (χ0n) is 9.30. The van der Waals surface area contributed by atoms with E-state index >= 15 is 0 Å². The molecular weight excluding hydrogens is 245 g/mol. The van der Waals surface area contributed by atoms with Gasteiger partial charge >= 0.3 is 0 Å². The van der Waals surface area contributed by atoms with Crippen LogP contribution < -0.4 is 0 Å². The van der Waals surface area contributed by atoms with E-state index in [2.05, 4.69) is 0 Å². The fourth-order valence-electron chi connectivity index (χ4n) is 1.72. The molecule has 4 nitrogen and oxygen atoms in total. The highest BCUT2D eigenvalue weighted by molar-refractivity contribution is 7.89. The summed E-state index contributed by atoms with van der Waals surface area (Å²) in [7, 11) is -3.29. The third kappa shape index (κ3) is 3.24. The molecule has 1 aliphatic heterocycles. The van der Waals surface area contributed by atoms with Crippen LogP contribution in [-0.4, -0.2) is 38.2 Å². The van der Waals surface area contributed by atoms with Crippen LogP contribution >= 0.6 is 0 Å². The normalized spacial score (nSPS) is 21.0. The Balaban J connectivity index is 2.16. The van der Waals surface area contributed by atoms with Crippen LogP contribution in [0.1, 0.15) is 5.56 Å². The molecule has 0 aliphatic carbocycles. The molecule has 0 aromatic heterocycles. The fraction of sp³-hybridized carbons (Fsp3) is 0.455. The van der Waals surface area contributed by atoms with E-state index in [1.54, 1.807) is 12.1 Å². The van der Waals surface area contributed by atoms with E-state index in [9.17, 15) is 12.8 Å². The molecule has 1 heterocycles. The maximum atomic E-state index is 13.0. The van der Waals surface area contributed by atoms with Gasteiger partial charge in [-0.15, -0.1) is 0 Å². The van der Waals surface area contributed by atoms with Crippen molar-refractivity contribution in [2.24, 2.45) is 0 Å². The molecular formula is C11H14FNO3S. The monoisotopic (exact) mass is 259 g/mol. The Morgan fingerprint density at radius 2 is 2.18 bits per heavy atom. The van der Waals surface area contributed by atoms with Crippen molar-refractivity contribution in [2.75, 3.05) is 25.5 Å². The first-order valence-electron chi connectivity index (χ1n) is 5.38. The Hall–Kier alpha value is -0.980. The lowest BCUT2D eigenvalue weighted by Crippen LogP contribution is -2.33. The summed E-state index contributed by atoms with van der Waals surface area (Å²) in [5.74, 6) is -0.367. The number of nitrogens with zero attached hydrogens (tertiary/aromatic N) is 1. The highest BCUT2D eigenvalue weighted by Gasteiger charge is 2.24. The highest BCUT2D eigenvalue weighted by atomic mass is 32.2. The van der Waals surface area contributed by atoms with E-state index in [4.69, 9.17) is 4.74 Å². The van der Waals surface area contributed by atoms with Gasteiger partial charge in [0.05, 0.1) is 19.0 Å². The number of ether oxygens (including phenoxy) is 1. The second kappa shape index (κ2) is 5.12. The molecule has 2 rings (SSSR count). The summed E-state index contributed by atoms with van der Waals surface area (Å²) < 4.78 is 43.2. The maximum absolute atomic E-state index is 13.0. The fourth-order valence-corrected chi connectivity index (χ4v) is 3.00. The number of hydrogen-bond acceptors (Lipinski definition) is 3. The third-order valence-corrected chi connectivity index (χ3v) is 4.39. The zero-order chi connectivity index (χ0) is 12.3. The lowest BCUT2D eigenvalue weighted by Gasteiger charge is -2.18. The van der Waals surface area contributed by atoms with Gasteiger partial charge in [0.2, 0.25) is 10.0 Å². The second-order valence-electron chi connectivity index (χ2n) is 3.89. The summed E-state index contributed by atoms with van der Waals surface area (Å²) in [5, 5.41) is 0. The molecule has 94 valence electrons. The quantitative estimate of drug-likeness (QED) is 0.795. The van der Waals surface area contributed by atoms with Crippen LogP contribution in [0.2, 0.25) is 0 Å². The van der Waals surface area contributed by atoms with Gasteiger partial charge in [0.15, 0.2) is 0 Å². The van der Waals surface area contributed by atoms with Crippen LogP contribution in [0.4, 0.5) is 4.39 Å². The Morgan fingerprint density at radius 3 is 2.94 bits per heavy atom. The number of hydrogen-bond donors (Lipinski definition) is 0. The van der Waals surface area contributed by atoms with Crippen molar-refractivity contribution in [1.82, 2.24) is 4.31 Å². The van der Waals surface area contributed by atoms with Crippen LogP contribution in [0.15, 0.2) is 24.3 Å². The minimum atomic E-state index is -3.29. The Labute approximate surface area is 100 Å². The van der Waals surface area contributed by atoms with Crippen LogP contribution in [0, 0.1) is 5.82 Å². The molecule has 6 heteroatoms. The summed E-state index contributed by atoms with van der Waals surface area (Å²) in [5.41, 5.74) is 0.649. The lowest BCUT2D eigenvalue weighted by molar-refractivity contribution is 0.146. The molecule has 0 radical (unpaired) electrons. The van der Waals surface area contributed by atoms with Crippen LogP contribution in [0.5, 0.6) is 0 Å². The molecule has 0 N–H and O–H groups in total. The van der Waals surface area contributed by atoms with E-state index in [0.29, 0.717) is 18.7 Å². The average molecular weight is 259 g/mol. The van der Waals surface area contributed by atoms with Crippen molar-refractivity contribution in [3.05, 3.63) is 35.6 Å². The first kappa shape index (κ1) is 12.5. The molecule has 0 atom stereocenters. The first-order valence-corrected chi connectivity index (χ1v) is 6.99. The Bertz CT molecular complexity index is 489. The summed E-state index contributed by atoms with van der Waals surface area (Å²) >= 11 is 0. The Morgan fingerprint density at radius 1 is 1.35 bits per heavy atom. The van der Waals surface area contributed by atoms with Crippen LogP contribution in [0.3, 0.4) is 0 Å². The Kier molecular flexibility index (Phi) is 3.76. The molecule has 1 aromatic rings. The van der Waals surface area contributed by atoms with Crippen molar-refractivity contribution in [3.63, 3.8) is 0 Å². The summed E-state index contributed by atoms with van der Waals surface area (Å²) in [6.07, 6.45) is 0. The molecule has 0 unspecified atom stereocenters. The van der Waals surface area contributed by atoms with Crippen molar-refractivity contribution >= 4 is 10.0 Å². The average Bonchev–Trinajstić information content (AvgIpc) is 2.41. The smallest absolute Gasteiger partial charge is 0.216 e. The van der Waals surface area contributed by atoms with Gasteiger partial charge in [-0.25, -0.2) is 12.8 Å². The van der Waals surface area contributed by atoms with E-state index in [1.807, 2.05) is 0 Å². The van der Waals surface area contributed by atoms with Crippen molar-refractivity contribution in [3.8, 4) is 0 Å². The summed E-state index contributed by atoms with van der Waals surface area (Å²) in [4.78, 5) is 0. The number of rotatable bonds is 2. The molecule has 17 heavy (non-hydrogen) atoms. The molecule has 0 amide bonds. The predicted octanol–water partition coefficient (Wildman–Crippen LogP) is 0.988. The van der Waals surface area contributed by atoms with Gasteiger partial charge in [-0.1, -0.05) is 12.1 Å². The van der Waals surface area contributed by atoms with Crippen LogP contribution in [-0.2, 0) is 21.3 Å². The standard InChI is InChI=1S/C11H14FNO3S/c12-11-3-1-2-10(8-11)9-13-4-5-16-6-7-17(13,14)15/h1-3,8H,4-7,9H2. The van der Waals surface area contributed by atoms with Crippen molar-refractivity contribution in [2.45, 2.75) is 6.54 Å². The van der Waals surface area contributed by atoms with Gasteiger partial charge in [-0.3, -0.25) is 0 Å². The minimum absolute atomic E-state index is 0.0116. The van der Waals surface area contributed by atoms with Gasteiger partial charge < -0.3 is 4.74 Å². The molecule has 1 saturated heterocycles. The summed E-state index contributed by atoms with van der Waals surface area (Å²) in [6, 6.07) is 5.97. The van der Waals surface area contributed by atoms with E-state index in [-0.39, 0.29) is 24.7 Å². The van der Waals surface area contributed by atoms with Gasteiger partial charge in [0, 0.05) is 13.1 Å². The third-order valence-electron chi connectivity index (χ3n) is 2.61. The number of sulfonamides is 1. The molecule has 0 bridgehead atoms. The van der Waals surface area contributed by atoms with E-state index < -0.39 is 10.0 Å². The van der Waals surface area contributed by atoms with Gasteiger partial charge in [-0.2, -0.15) is 4.31 Å². The minimum Gasteiger partial charge on any atom is -0.379 e. The lowest BCUT2D eigenvalue weighted by atomic mass is 10.2. The largest absolute Gasteiger partial charge is 0.379 e. The zero-order valence-corrected chi connectivity index (χ0v) is 10.1. The molecule has 0 saturated carbocycles. The van der Waals surface area contributed by atoms with Gasteiger partial charge in [0.25, 0.3) is 0 Å². The molecule has 1 aliphatic rings. The second-order valence-corrected chi connectivity index (χ2v) is 5.98. The van der Waals surface area contributed by atoms with Crippen LogP contribution in [0.25, 0.3) is 0 Å². The topological polar surface area (TPSA) is 46.6 Å². The van der Waals surface area contributed by atoms with Crippen molar-refractivity contribution < 1.29 is 17.5 Å². The van der Waals surface area contributed by atoms with E-state index in [0.717, 1.165) is 0 Å². The number of halogens is 1. The molecule has 1 aromatic carbocycles. The van der Waals surface area contributed by atoms with Crippen molar-refractivity contribution in [1.29, 1.82) is 0 Å². The van der Waals surface area contributed by atoms with E-state index in [1.165, 1.54) is 16.4 Å². The molecule has 0 spiro atoms. The first-order chi connectivity index (χ1) is 8.08. The van der Waals surface area contributed by atoms with Gasteiger partial charge in [-0.05, 0) is 17.7 Å². The summed E-state index contributed by atoms with van der Waals surface area (Å²) in [6.45, 7) is 1.12. The maximum Gasteiger partial charge on any atom is 0.216 e. The number of benzene rings is 1. The van der Waals surface area contributed by atoms with Gasteiger partial charge in [0.1, 0.15) is 5.82 Å². The SMILES string of the molecule is O=S1(=O)CCOCCN1Cc1cccc(F)c1. The highest BCUT2D eigenvalue weighted by Crippen LogP contribution is 2.13. The predicted molar refractivity (Wildman–Crippen MR) is 61.4 cm³/mol.